The van der Waals surface area contributed by atoms with Gasteiger partial charge in [-0.15, -0.1) is 0 Å². The van der Waals surface area contributed by atoms with Gasteiger partial charge in [0.05, 0.1) is 18.6 Å². The number of carbonyl (C=O) groups excluding carboxylic acids is 1. The van der Waals surface area contributed by atoms with Crippen LogP contribution in [0.25, 0.3) is 0 Å². The molecule has 11 heteroatoms. The quantitative estimate of drug-likeness (QED) is 0.364. The molecule has 33 heavy (non-hydrogen) atoms. The van der Waals surface area contributed by atoms with Crippen molar-refractivity contribution in [2.75, 3.05) is 11.4 Å². The van der Waals surface area contributed by atoms with Crippen LogP contribution in [0.2, 0.25) is 0 Å². The van der Waals surface area contributed by atoms with Gasteiger partial charge in [0.25, 0.3) is 5.91 Å². The van der Waals surface area contributed by atoms with Crippen molar-refractivity contribution in [3.63, 3.8) is 0 Å². The van der Waals surface area contributed by atoms with Crippen LogP contribution in [0.3, 0.4) is 0 Å². The van der Waals surface area contributed by atoms with Gasteiger partial charge in [-0.2, -0.15) is 13.2 Å². The van der Waals surface area contributed by atoms with Crippen molar-refractivity contribution in [1.29, 1.82) is 0 Å². The number of thioether (sulfide) groups is 1. The van der Waals surface area contributed by atoms with Crippen molar-refractivity contribution in [1.82, 2.24) is 15.3 Å². The highest BCUT2D eigenvalue weighted by Crippen LogP contribution is 2.34. The van der Waals surface area contributed by atoms with Crippen molar-refractivity contribution in [3.8, 4) is 0 Å². The van der Waals surface area contributed by atoms with Gasteiger partial charge in [0.15, 0.2) is 16.6 Å². The Morgan fingerprint density at radius 3 is 2.82 bits per heavy atom. The fourth-order valence-electron chi connectivity index (χ4n) is 3.59. The summed E-state index contributed by atoms with van der Waals surface area (Å²) in [4.78, 5) is 22.2. The highest BCUT2D eigenvalue weighted by molar-refractivity contribution is 7.98. The number of anilines is 1. The summed E-state index contributed by atoms with van der Waals surface area (Å²) in [5.74, 6) is 1.18. The van der Waals surface area contributed by atoms with E-state index in [-0.39, 0.29) is 35.1 Å². The Bertz CT molecular complexity index is 1080. The highest BCUT2D eigenvalue weighted by Gasteiger charge is 2.35. The number of halogens is 3. The van der Waals surface area contributed by atoms with E-state index in [0.29, 0.717) is 18.1 Å². The number of aromatic nitrogens is 2. The molecule has 1 saturated heterocycles. The van der Waals surface area contributed by atoms with Crippen molar-refractivity contribution in [2.45, 2.75) is 55.9 Å². The summed E-state index contributed by atoms with van der Waals surface area (Å²) < 4.78 is 51.1. The number of hydrogen-bond donors (Lipinski definition) is 1. The van der Waals surface area contributed by atoms with Gasteiger partial charge in [-0.3, -0.25) is 4.79 Å². The van der Waals surface area contributed by atoms with Crippen molar-refractivity contribution < 1.29 is 26.8 Å². The van der Waals surface area contributed by atoms with Gasteiger partial charge in [0, 0.05) is 18.7 Å². The van der Waals surface area contributed by atoms with E-state index in [0.717, 1.165) is 37.1 Å². The molecule has 1 amide bonds. The molecule has 0 aliphatic carbocycles. The van der Waals surface area contributed by atoms with Crippen LogP contribution in [-0.4, -0.2) is 28.5 Å². The van der Waals surface area contributed by atoms with Crippen LogP contribution < -0.4 is 10.2 Å². The number of furan rings is 2. The molecule has 0 bridgehead atoms. The Kier molecular flexibility index (Phi) is 6.96. The summed E-state index contributed by atoms with van der Waals surface area (Å²) in [7, 11) is 0. The van der Waals surface area contributed by atoms with Crippen molar-refractivity contribution in [3.05, 3.63) is 59.6 Å². The Morgan fingerprint density at radius 1 is 1.24 bits per heavy atom. The summed E-state index contributed by atoms with van der Waals surface area (Å²) in [5, 5.41) is 2.68. The summed E-state index contributed by atoms with van der Waals surface area (Å²) in [5.41, 5.74) is -0.967. The maximum absolute atomic E-state index is 13.5. The van der Waals surface area contributed by atoms with E-state index in [1.54, 1.807) is 18.2 Å². The first-order valence-corrected chi connectivity index (χ1v) is 11.5. The summed E-state index contributed by atoms with van der Waals surface area (Å²) in [6.07, 6.45) is -0.195. The molecule has 4 heterocycles. The maximum atomic E-state index is 13.5. The van der Waals surface area contributed by atoms with E-state index in [2.05, 4.69) is 15.3 Å². The molecule has 1 aliphatic rings. The summed E-state index contributed by atoms with van der Waals surface area (Å²) >= 11 is 1.03. The molecular formula is C22H23F3N4O3S. The summed E-state index contributed by atoms with van der Waals surface area (Å²) in [6, 6.07) is 7.70. The average molecular weight is 481 g/mol. The number of alkyl halides is 3. The Morgan fingerprint density at radius 2 is 2.09 bits per heavy atom. The lowest BCUT2D eigenvalue weighted by atomic mass is 10.0. The van der Waals surface area contributed by atoms with Crippen LogP contribution in [0, 0.1) is 0 Å². The van der Waals surface area contributed by atoms with Crippen LogP contribution in [0.1, 0.15) is 54.0 Å². The Hall–Kier alpha value is -2.95. The van der Waals surface area contributed by atoms with E-state index in [9.17, 15) is 18.0 Å². The zero-order chi connectivity index (χ0) is 23.4. The second-order valence-corrected chi connectivity index (χ2v) is 8.69. The van der Waals surface area contributed by atoms with E-state index in [1.807, 2.05) is 11.8 Å². The fraction of sp³-hybridized carbons (Fsp3) is 0.409. The normalized spacial score (nSPS) is 16.7. The molecule has 3 aromatic rings. The first kappa shape index (κ1) is 23.2. The third-order valence-corrected chi connectivity index (χ3v) is 6.18. The van der Waals surface area contributed by atoms with Crippen molar-refractivity contribution >= 4 is 23.5 Å². The zero-order valence-electron chi connectivity index (χ0n) is 17.9. The van der Waals surface area contributed by atoms with Gasteiger partial charge in [-0.25, -0.2) is 9.97 Å². The molecular weight excluding hydrogens is 457 g/mol. The molecule has 0 aromatic carbocycles. The number of nitrogens with one attached hydrogen (secondary N) is 1. The monoisotopic (exact) mass is 480 g/mol. The molecule has 1 fully saturated rings. The van der Waals surface area contributed by atoms with E-state index in [4.69, 9.17) is 8.83 Å². The fourth-order valence-corrected chi connectivity index (χ4v) is 4.34. The summed E-state index contributed by atoms with van der Waals surface area (Å²) in [6.45, 7) is 2.86. The lowest BCUT2D eigenvalue weighted by Crippen LogP contribution is -2.38. The minimum atomic E-state index is -4.57. The van der Waals surface area contributed by atoms with Crippen molar-refractivity contribution in [2.24, 2.45) is 0 Å². The standard InChI is InChI=1S/C22H23F3N4O3S/c1-14-5-2-3-9-29(14)19-11-18(22(23,24)25)27-21(28-19)33-13-16-7-8-17(32-16)20(30)26-12-15-6-4-10-31-15/h4,6-8,10-11,14H,2-3,5,9,12-13H2,1H3,(H,26,30)/t14-/m1/s1. The van der Waals surface area contributed by atoms with E-state index >= 15 is 0 Å². The SMILES string of the molecule is C[C@@H]1CCCCN1c1cc(C(F)(F)F)nc(SCc2ccc(C(=O)NCc3ccco3)o2)n1. The van der Waals surface area contributed by atoms with Gasteiger partial charge >= 0.3 is 6.18 Å². The van der Waals surface area contributed by atoms with Crippen LogP contribution >= 0.6 is 11.8 Å². The predicted molar refractivity (Wildman–Crippen MR) is 116 cm³/mol. The molecule has 1 aliphatic heterocycles. The number of amides is 1. The smallest absolute Gasteiger partial charge is 0.433 e. The first-order valence-electron chi connectivity index (χ1n) is 10.5. The molecule has 0 unspecified atom stereocenters. The van der Waals surface area contributed by atoms with Crippen LogP contribution in [0.5, 0.6) is 0 Å². The molecule has 1 atom stereocenters. The van der Waals surface area contributed by atoms with Crippen LogP contribution in [0.15, 0.2) is 50.6 Å². The van der Waals surface area contributed by atoms with Gasteiger partial charge in [0.1, 0.15) is 17.3 Å². The lowest BCUT2D eigenvalue weighted by molar-refractivity contribution is -0.141. The van der Waals surface area contributed by atoms with Crippen LogP contribution in [0.4, 0.5) is 19.0 Å². The van der Waals surface area contributed by atoms with Gasteiger partial charge in [-0.05, 0) is 50.5 Å². The molecule has 4 rings (SSSR count). The molecule has 176 valence electrons. The third kappa shape index (κ3) is 5.89. The zero-order valence-corrected chi connectivity index (χ0v) is 18.7. The number of rotatable bonds is 7. The van der Waals surface area contributed by atoms with Crippen LogP contribution in [-0.2, 0) is 18.5 Å². The van der Waals surface area contributed by atoms with E-state index < -0.39 is 17.8 Å². The second-order valence-electron chi connectivity index (χ2n) is 7.75. The lowest BCUT2D eigenvalue weighted by Gasteiger charge is -2.34. The van der Waals surface area contributed by atoms with E-state index in [1.165, 1.54) is 12.3 Å². The van der Waals surface area contributed by atoms with Gasteiger partial charge < -0.3 is 19.1 Å². The first-order chi connectivity index (χ1) is 15.8. The molecule has 1 N–H and O–H groups in total. The Labute approximate surface area is 192 Å². The topological polar surface area (TPSA) is 84.4 Å². The van der Waals surface area contributed by atoms with Gasteiger partial charge in [-0.1, -0.05) is 11.8 Å². The number of hydrogen-bond acceptors (Lipinski definition) is 7. The average Bonchev–Trinajstić information content (AvgIpc) is 3.48. The Balaban J connectivity index is 1.44. The molecule has 0 saturated carbocycles. The predicted octanol–water partition coefficient (Wildman–Crippen LogP) is 5.28. The van der Waals surface area contributed by atoms with Gasteiger partial charge in [0.2, 0.25) is 0 Å². The minimum absolute atomic E-state index is 0.0119. The maximum Gasteiger partial charge on any atom is 0.433 e. The minimum Gasteiger partial charge on any atom is -0.467 e. The molecule has 0 spiro atoms. The molecule has 0 radical (unpaired) electrons. The number of piperidine rings is 1. The number of nitrogens with zero attached hydrogens (tertiary/aromatic N) is 3. The third-order valence-electron chi connectivity index (χ3n) is 5.31. The number of carbonyl (C=O) groups is 1. The highest BCUT2D eigenvalue weighted by atomic mass is 32.2. The molecule has 3 aromatic heterocycles. The largest absolute Gasteiger partial charge is 0.467 e. The molecule has 7 nitrogen and oxygen atoms in total. The second kappa shape index (κ2) is 9.90.